The smallest absolute Gasteiger partial charge is 0.151 e. The number of amidine groups is 1. The fraction of sp³-hybridized carbons (Fsp3) is 0.556. The molecule has 0 aliphatic rings. The zero-order valence-corrected chi connectivity index (χ0v) is 8.45. The summed E-state index contributed by atoms with van der Waals surface area (Å²) in [6.07, 6.45) is 1.22. The Morgan fingerprint density at radius 2 is 2.31 bits per heavy atom. The fourth-order valence-corrected chi connectivity index (χ4v) is 0.812. The Balaban J connectivity index is 4.43. The van der Waals surface area contributed by atoms with Crippen molar-refractivity contribution in [1.82, 2.24) is 0 Å². The fourth-order valence-electron chi connectivity index (χ4n) is 0.812. The van der Waals surface area contributed by atoms with Crippen molar-refractivity contribution < 1.29 is 4.74 Å². The van der Waals surface area contributed by atoms with Gasteiger partial charge in [-0.3, -0.25) is 4.99 Å². The maximum absolute atomic E-state index is 5.17. The van der Waals surface area contributed by atoms with Crippen molar-refractivity contribution in [2.45, 2.75) is 19.9 Å². The van der Waals surface area contributed by atoms with Crippen LogP contribution in [0.5, 0.6) is 0 Å². The van der Waals surface area contributed by atoms with Gasteiger partial charge in [0, 0.05) is 7.11 Å². The molecule has 0 aliphatic heterocycles. The molecular formula is C9H17N3O. The maximum Gasteiger partial charge on any atom is 0.151 e. The molecule has 0 aliphatic carbocycles. The summed E-state index contributed by atoms with van der Waals surface area (Å²) in [5.74, 6) is 0.576. The number of nitrogens with zero attached hydrogens (tertiary/aromatic N) is 2. The number of methoxy groups -OCH3 is 1. The Kier molecular flexibility index (Phi) is 5.80. The second kappa shape index (κ2) is 6.37. The molecule has 4 heteroatoms. The molecule has 0 amide bonds. The molecule has 0 aromatic carbocycles. The second-order valence-electron chi connectivity index (χ2n) is 2.82. The molecule has 2 N–H and O–H groups in total. The largest absolute Gasteiger partial charge is 0.390 e. The van der Waals surface area contributed by atoms with E-state index in [-0.39, 0.29) is 6.04 Å². The van der Waals surface area contributed by atoms with Crippen LogP contribution in [0.4, 0.5) is 0 Å². The lowest BCUT2D eigenvalue weighted by Gasteiger charge is -2.06. The Hall–Kier alpha value is -1.16. The van der Waals surface area contributed by atoms with Gasteiger partial charge in [-0.15, -0.1) is 0 Å². The minimum Gasteiger partial charge on any atom is -0.390 e. The molecule has 74 valence electrons. The number of aliphatic imine (C=N–C) groups is 2. The van der Waals surface area contributed by atoms with Crippen LogP contribution < -0.4 is 5.73 Å². The number of ether oxygens (including phenoxy) is 1. The maximum atomic E-state index is 5.17. The lowest BCUT2D eigenvalue weighted by Crippen LogP contribution is -2.11. The van der Waals surface area contributed by atoms with Crippen LogP contribution in [0.3, 0.4) is 0 Å². The van der Waals surface area contributed by atoms with Crippen molar-refractivity contribution in [3.8, 4) is 0 Å². The van der Waals surface area contributed by atoms with Crippen LogP contribution in [0.15, 0.2) is 22.1 Å². The Bertz CT molecular complexity index is 221. The van der Waals surface area contributed by atoms with Gasteiger partial charge in [0.2, 0.25) is 0 Å². The summed E-state index contributed by atoms with van der Waals surface area (Å²) in [6.45, 7) is 8.09. The normalized spacial score (nSPS) is 14.8. The predicted octanol–water partition coefficient (Wildman–Crippen LogP) is 0.983. The van der Waals surface area contributed by atoms with Crippen molar-refractivity contribution in [3.63, 3.8) is 0 Å². The first-order valence-corrected chi connectivity index (χ1v) is 4.08. The monoisotopic (exact) mass is 183 g/mol. The van der Waals surface area contributed by atoms with Crippen LogP contribution in [0.2, 0.25) is 0 Å². The van der Waals surface area contributed by atoms with Crippen LogP contribution in [0.1, 0.15) is 13.8 Å². The first-order chi connectivity index (χ1) is 6.11. The highest BCUT2D eigenvalue weighted by molar-refractivity contribution is 6.01. The number of hydrogen-bond acceptors (Lipinski definition) is 2. The van der Waals surface area contributed by atoms with Crippen LogP contribution in [0, 0.1) is 0 Å². The van der Waals surface area contributed by atoms with Crippen molar-refractivity contribution in [2.24, 2.45) is 15.7 Å². The summed E-state index contributed by atoms with van der Waals surface area (Å²) in [6, 6.07) is 0.0698. The summed E-state index contributed by atoms with van der Waals surface area (Å²) in [5, 5.41) is 0. The summed E-state index contributed by atoms with van der Waals surface area (Å²) in [5.41, 5.74) is 5.97. The molecule has 0 fully saturated rings. The summed E-state index contributed by atoms with van der Waals surface area (Å²) in [4.78, 5) is 8.16. The van der Waals surface area contributed by atoms with Gasteiger partial charge in [0.05, 0.1) is 19.0 Å². The van der Waals surface area contributed by atoms with Crippen LogP contribution in [-0.4, -0.2) is 31.9 Å². The summed E-state index contributed by atoms with van der Waals surface area (Å²) < 4.78 is 4.94. The van der Waals surface area contributed by atoms with Gasteiger partial charge in [0.15, 0.2) is 5.84 Å². The number of nitrogens with two attached hydrogens (primary N) is 1. The van der Waals surface area contributed by atoms with Gasteiger partial charge >= 0.3 is 0 Å². The standard InChI is InChI=1S/C9H17N3O/c1-7(2)9(11-6-10)12-8(3)5-13-4/h6,8H,1,5H2,2-4H3,(H2,10,11,12)/t8-/m1/s1. The molecule has 13 heavy (non-hydrogen) atoms. The van der Waals surface area contributed by atoms with E-state index in [1.807, 2.05) is 13.8 Å². The molecule has 0 saturated carbocycles. The van der Waals surface area contributed by atoms with E-state index in [1.165, 1.54) is 6.34 Å². The minimum atomic E-state index is 0.0698. The van der Waals surface area contributed by atoms with E-state index in [1.54, 1.807) is 7.11 Å². The molecule has 0 unspecified atom stereocenters. The molecule has 4 nitrogen and oxygen atoms in total. The van der Waals surface area contributed by atoms with Crippen molar-refractivity contribution in [2.75, 3.05) is 13.7 Å². The van der Waals surface area contributed by atoms with Crippen molar-refractivity contribution in [3.05, 3.63) is 12.2 Å². The first-order valence-electron chi connectivity index (χ1n) is 4.08. The third-order valence-corrected chi connectivity index (χ3v) is 1.33. The first kappa shape index (κ1) is 11.8. The van der Waals surface area contributed by atoms with Crippen LogP contribution in [-0.2, 0) is 4.74 Å². The second-order valence-corrected chi connectivity index (χ2v) is 2.82. The van der Waals surface area contributed by atoms with Gasteiger partial charge in [-0.2, -0.15) is 0 Å². The van der Waals surface area contributed by atoms with E-state index in [9.17, 15) is 0 Å². The van der Waals surface area contributed by atoms with Gasteiger partial charge in [0.25, 0.3) is 0 Å². The predicted molar refractivity (Wildman–Crippen MR) is 56.3 cm³/mol. The van der Waals surface area contributed by atoms with E-state index < -0.39 is 0 Å². The average molecular weight is 183 g/mol. The number of rotatable bonds is 4. The molecule has 0 heterocycles. The Labute approximate surface area is 79.2 Å². The van der Waals surface area contributed by atoms with Crippen molar-refractivity contribution >= 4 is 12.2 Å². The molecule has 0 saturated heterocycles. The van der Waals surface area contributed by atoms with E-state index in [2.05, 4.69) is 16.6 Å². The van der Waals surface area contributed by atoms with E-state index >= 15 is 0 Å². The average Bonchev–Trinajstić information content (AvgIpc) is 2.04. The molecule has 0 aromatic heterocycles. The third kappa shape index (κ3) is 5.14. The summed E-state index contributed by atoms with van der Waals surface area (Å²) >= 11 is 0. The zero-order valence-electron chi connectivity index (χ0n) is 8.45. The molecule has 0 aromatic rings. The van der Waals surface area contributed by atoms with Crippen LogP contribution >= 0.6 is 0 Å². The highest BCUT2D eigenvalue weighted by atomic mass is 16.5. The minimum absolute atomic E-state index is 0.0698. The van der Waals surface area contributed by atoms with Gasteiger partial charge in [-0.25, -0.2) is 4.99 Å². The zero-order chi connectivity index (χ0) is 10.3. The van der Waals surface area contributed by atoms with Crippen molar-refractivity contribution in [1.29, 1.82) is 0 Å². The van der Waals surface area contributed by atoms with E-state index in [0.717, 1.165) is 5.57 Å². The van der Waals surface area contributed by atoms with Crippen LogP contribution in [0.25, 0.3) is 0 Å². The molecule has 0 bridgehead atoms. The van der Waals surface area contributed by atoms with Gasteiger partial charge < -0.3 is 10.5 Å². The molecule has 0 radical (unpaired) electrons. The van der Waals surface area contributed by atoms with E-state index in [0.29, 0.717) is 12.4 Å². The topological polar surface area (TPSA) is 60.0 Å². The third-order valence-electron chi connectivity index (χ3n) is 1.33. The van der Waals surface area contributed by atoms with Gasteiger partial charge in [-0.05, 0) is 19.4 Å². The lowest BCUT2D eigenvalue weighted by atomic mass is 10.3. The lowest BCUT2D eigenvalue weighted by molar-refractivity contribution is 0.186. The molecular weight excluding hydrogens is 166 g/mol. The Morgan fingerprint density at radius 1 is 1.69 bits per heavy atom. The molecule has 1 atom stereocenters. The highest BCUT2D eigenvalue weighted by Gasteiger charge is 2.01. The Morgan fingerprint density at radius 3 is 2.69 bits per heavy atom. The number of hydrogen-bond donors (Lipinski definition) is 1. The SMILES string of the molecule is C=C(C)C(N=CN)=N[C@H](C)COC. The summed E-state index contributed by atoms with van der Waals surface area (Å²) in [7, 11) is 1.64. The van der Waals surface area contributed by atoms with Gasteiger partial charge in [0.1, 0.15) is 0 Å². The van der Waals surface area contributed by atoms with Gasteiger partial charge in [-0.1, -0.05) is 6.58 Å². The molecule has 0 spiro atoms. The highest BCUT2D eigenvalue weighted by Crippen LogP contribution is 1.99. The quantitative estimate of drug-likeness (QED) is 0.521. The van der Waals surface area contributed by atoms with E-state index in [4.69, 9.17) is 10.5 Å². The molecule has 0 rings (SSSR count).